The van der Waals surface area contributed by atoms with E-state index in [-0.39, 0.29) is 18.1 Å². The third-order valence-corrected chi connectivity index (χ3v) is 4.81. The highest BCUT2D eigenvalue weighted by molar-refractivity contribution is 5.96. The van der Waals surface area contributed by atoms with E-state index in [0.29, 0.717) is 13.0 Å². The van der Waals surface area contributed by atoms with E-state index in [1.807, 2.05) is 35.8 Å². The first-order valence-electron chi connectivity index (χ1n) is 8.60. The van der Waals surface area contributed by atoms with Gasteiger partial charge in [0.25, 0.3) is 5.69 Å². The Hall–Kier alpha value is -3.22. The number of carbonyl (C=O) groups excluding carboxylic acids is 1. The molecule has 132 valence electrons. The normalized spacial score (nSPS) is 13.2. The van der Waals surface area contributed by atoms with Gasteiger partial charge in [0.05, 0.1) is 16.0 Å². The van der Waals surface area contributed by atoms with E-state index < -0.39 is 4.92 Å². The van der Waals surface area contributed by atoms with Gasteiger partial charge in [-0.3, -0.25) is 14.9 Å². The van der Waals surface area contributed by atoms with Crippen LogP contribution in [0.2, 0.25) is 0 Å². The number of hydrogen-bond donors (Lipinski definition) is 0. The Bertz CT molecular complexity index is 1020. The molecule has 0 unspecified atom stereocenters. The Morgan fingerprint density at radius 1 is 1.27 bits per heavy atom. The first-order chi connectivity index (χ1) is 12.6. The zero-order valence-electron chi connectivity index (χ0n) is 14.4. The Balaban J connectivity index is 1.64. The third kappa shape index (κ3) is 2.61. The molecule has 0 radical (unpaired) electrons. The SMILES string of the molecule is CCc1nc2ccccc2n1CC(=O)N1CCc2cc([N+](=O)[O-])ccc21. The van der Waals surface area contributed by atoms with Gasteiger partial charge in [0.2, 0.25) is 5.91 Å². The summed E-state index contributed by atoms with van der Waals surface area (Å²) in [6.45, 7) is 2.77. The summed E-state index contributed by atoms with van der Waals surface area (Å²) in [5.74, 6) is 0.845. The Labute approximate surface area is 150 Å². The average Bonchev–Trinajstić information content (AvgIpc) is 3.22. The number of nitrogens with zero attached hydrogens (tertiary/aromatic N) is 4. The van der Waals surface area contributed by atoms with Crippen LogP contribution >= 0.6 is 0 Å². The van der Waals surface area contributed by atoms with E-state index in [1.165, 1.54) is 6.07 Å². The Morgan fingerprint density at radius 2 is 2.08 bits per heavy atom. The molecule has 7 nitrogen and oxygen atoms in total. The van der Waals surface area contributed by atoms with Gasteiger partial charge in [0.1, 0.15) is 12.4 Å². The summed E-state index contributed by atoms with van der Waals surface area (Å²) in [6.07, 6.45) is 1.37. The van der Waals surface area contributed by atoms with Crippen molar-refractivity contribution in [3.63, 3.8) is 0 Å². The van der Waals surface area contributed by atoms with Crippen LogP contribution in [0.25, 0.3) is 11.0 Å². The van der Waals surface area contributed by atoms with E-state index in [0.717, 1.165) is 34.5 Å². The molecule has 0 fully saturated rings. The van der Waals surface area contributed by atoms with Crippen LogP contribution in [0.4, 0.5) is 11.4 Å². The largest absolute Gasteiger partial charge is 0.318 e. The van der Waals surface area contributed by atoms with Gasteiger partial charge in [0, 0.05) is 30.8 Å². The molecule has 0 bridgehead atoms. The minimum Gasteiger partial charge on any atom is -0.318 e. The summed E-state index contributed by atoms with van der Waals surface area (Å²) in [6, 6.07) is 12.5. The number of nitro benzene ring substituents is 1. The maximum Gasteiger partial charge on any atom is 0.269 e. The average molecular weight is 350 g/mol. The lowest BCUT2D eigenvalue weighted by atomic mass is 10.1. The van der Waals surface area contributed by atoms with Crippen LogP contribution in [-0.2, 0) is 24.2 Å². The van der Waals surface area contributed by atoms with Gasteiger partial charge in [-0.25, -0.2) is 4.98 Å². The molecular weight excluding hydrogens is 332 g/mol. The molecule has 26 heavy (non-hydrogen) atoms. The number of aryl methyl sites for hydroxylation is 1. The minimum atomic E-state index is -0.407. The van der Waals surface area contributed by atoms with Gasteiger partial charge in [-0.05, 0) is 30.2 Å². The van der Waals surface area contributed by atoms with Gasteiger partial charge in [-0.1, -0.05) is 19.1 Å². The van der Waals surface area contributed by atoms with Crippen LogP contribution in [-0.4, -0.2) is 26.9 Å². The number of fused-ring (bicyclic) bond motifs is 2. The smallest absolute Gasteiger partial charge is 0.269 e. The minimum absolute atomic E-state index is 0.0320. The molecule has 0 saturated heterocycles. The lowest BCUT2D eigenvalue weighted by molar-refractivity contribution is -0.384. The number of non-ortho nitro benzene ring substituents is 1. The van der Waals surface area contributed by atoms with Gasteiger partial charge < -0.3 is 9.47 Å². The fraction of sp³-hybridized carbons (Fsp3) is 0.263. The van der Waals surface area contributed by atoms with Crippen molar-refractivity contribution in [2.45, 2.75) is 26.3 Å². The summed E-state index contributed by atoms with van der Waals surface area (Å²) in [5, 5.41) is 10.9. The number of carbonyl (C=O) groups is 1. The molecule has 0 saturated carbocycles. The van der Waals surface area contributed by atoms with Crippen LogP contribution < -0.4 is 4.90 Å². The predicted molar refractivity (Wildman–Crippen MR) is 98.3 cm³/mol. The monoisotopic (exact) mass is 350 g/mol. The molecule has 1 amide bonds. The van der Waals surface area contributed by atoms with Crippen molar-refractivity contribution in [3.8, 4) is 0 Å². The number of para-hydroxylation sites is 2. The van der Waals surface area contributed by atoms with Crippen LogP contribution in [0.1, 0.15) is 18.3 Å². The molecule has 2 heterocycles. The summed E-state index contributed by atoms with van der Waals surface area (Å²) in [4.78, 5) is 29.8. The Morgan fingerprint density at radius 3 is 2.85 bits per heavy atom. The molecule has 0 spiro atoms. The van der Waals surface area contributed by atoms with E-state index in [1.54, 1.807) is 17.0 Å². The number of benzene rings is 2. The lowest BCUT2D eigenvalue weighted by Gasteiger charge is -2.18. The molecule has 0 atom stereocenters. The second-order valence-corrected chi connectivity index (χ2v) is 6.32. The predicted octanol–water partition coefficient (Wildman–Crippen LogP) is 3.10. The molecule has 3 aromatic rings. The van der Waals surface area contributed by atoms with Gasteiger partial charge >= 0.3 is 0 Å². The molecule has 1 aliphatic rings. The molecule has 1 aliphatic heterocycles. The zero-order valence-corrected chi connectivity index (χ0v) is 14.4. The van der Waals surface area contributed by atoms with Crippen molar-refractivity contribution in [2.24, 2.45) is 0 Å². The van der Waals surface area contributed by atoms with Crippen molar-refractivity contribution in [1.29, 1.82) is 0 Å². The maximum atomic E-state index is 12.9. The van der Waals surface area contributed by atoms with E-state index in [2.05, 4.69) is 4.98 Å². The van der Waals surface area contributed by atoms with Crippen molar-refractivity contribution in [3.05, 3.63) is 64.0 Å². The van der Waals surface area contributed by atoms with Crippen molar-refractivity contribution in [1.82, 2.24) is 9.55 Å². The summed E-state index contributed by atoms with van der Waals surface area (Å²) in [5.41, 5.74) is 3.50. The van der Waals surface area contributed by atoms with E-state index in [4.69, 9.17) is 0 Å². The van der Waals surface area contributed by atoms with Crippen molar-refractivity contribution < 1.29 is 9.72 Å². The molecule has 2 aromatic carbocycles. The third-order valence-electron chi connectivity index (χ3n) is 4.81. The molecule has 4 rings (SSSR count). The van der Waals surface area contributed by atoms with Crippen LogP contribution in [0.5, 0.6) is 0 Å². The number of imidazole rings is 1. The topological polar surface area (TPSA) is 81.3 Å². The number of amides is 1. The van der Waals surface area contributed by atoms with Gasteiger partial charge in [-0.2, -0.15) is 0 Å². The van der Waals surface area contributed by atoms with E-state index >= 15 is 0 Å². The Kier molecular flexibility index (Phi) is 3.91. The summed E-state index contributed by atoms with van der Waals surface area (Å²) in [7, 11) is 0. The molecule has 0 N–H and O–H groups in total. The second kappa shape index (κ2) is 6.25. The van der Waals surface area contributed by atoms with Crippen LogP contribution in [0.3, 0.4) is 0 Å². The fourth-order valence-corrected chi connectivity index (χ4v) is 3.55. The molecule has 1 aromatic heterocycles. The van der Waals surface area contributed by atoms with E-state index in [9.17, 15) is 14.9 Å². The van der Waals surface area contributed by atoms with Gasteiger partial charge in [0.15, 0.2) is 0 Å². The summed E-state index contributed by atoms with van der Waals surface area (Å²) >= 11 is 0. The van der Waals surface area contributed by atoms with Crippen molar-refractivity contribution >= 4 is 28.3 Å². The first-order valence-corrected chi connectivity index (χ1v) is 8.60. The maximum absolute atomic E-state index is 12.9. The molecular formula is C19H18N4O3. The highest BCUT2D eigenvalue weighted by atomic mass is 16.6. The van der Waals surface area contributed by atoms with Crippen molar-refractivity contribution in [2.75, 3.05) is 11.4 Å². The lowest BCUT2D eigenvalue weighted by Crippen LogP contribution is -2.32. The fourth-order valence-electron chi connectivity index (χ4n) is 3.55. The number of anilines is 1. The standard InChI is InChI=1S/C19H18N4O3/c1-2-18-20-15-5-3-4-6-17(15)22(18)12-19(24)21-10-9-13-11-14(23(25)26)7-8-16(13)21/h3-8,11H,2,9-10,12H2,1H3. The summed E-state index contributed by atoms with van der Waals surface area (Å²) < 4.78 is 1.96. The van der Waals surface area contributed by atoms with Crippen LogP contribution in [0.15, 0.2) is 42.5 Å². The molecule has 7 heteroatoms. The number of hydrogen-bond acceptors (Lipinski definition) is 4. The number of nitro groups is 1. The van der Waals surface area contributed by atoms with Crippen LogP contribution in [0, 0.1) is 10.1 Å². The highest BCUT2D eigenvalue weighted by Crippen LogP contribution is 2.31. The second-order valence-electron chi connectivity index (χ2n) is 6.32. The molecule has 0 aliphatic carbocycles. The number of rotatable bonds is 4. The number of aromatic nitrogens is 2. The highest BCUT2D eigenvalue weighted by Gasteiger charge is 2.27. The zero-order chi connectivity index (χ0) is 18.3. The van der Waals surface area contributed by atoms with Gasteiger partial charge in [-0.15, -0.1) is 0 Å². The quantitative estimate of drug-likeness (QED) is 0.535. The first kappa shape index (κ1) is 16.3.